The predicted octanol–water partition coefficient (Wildman–Crippen LogP) is 3.21. The molecule has 96 valence electrons. The van der Waals surface area contributed by atoms with Crippen molar-refractivity contribution in [1.82, 2.24) is 4.98 Å². The summed E-state index contributed by atoms with van der Waals surface area (Å²) >= 11 is 0. The fraction of sp³-hybridized carbons (Fsp3) is 0.333. The second-order valence-electron chi connectivity index (χ2n) is 3.23. The van der Waals surface area contributed by atoms with Crippen LogP contribution in [0.1, 0.15) is 19.5 Å². The molecular weight excluding hydrogens is 251 g/mol. The minimum atomic E-state index is -3.53. The van der Waals surface area contributed by atoms with Crippen LogP contribution in [-0.2, 0) is 13.6 Å². The summed E-state index contributed by atoms with van der Waals surface area (Å²) < 4.78 is 22.6. The maximum atomic E-state index is 12.4. The Morgan fingerprint density at radius 1 is 1.44 bits per heavy atom. The third-order valence-electron chi connectivity index (χ3n) is 1.98. The SMILES string of the molecule is CCOP(=O)(OCC)/C(C#N)=C/c1ccccn1. The van der Waals surface area contributed by atoms with Gasteiger partial charge in [-0.05, 0) is 32.1 Å². The number of aromatic nitrogens is 1. The average Bonchev–Trinajstić information content (AvgIpc) is 2.37. The van der Waals surface area contributed by atoms with Crippen LogP contribution >= 0.6 is 7.60 Å². The van der Waals surface area contributed by atoms with Crippen molar-refractivity contribution in [3.63, 3.8) is 0 Å². The molecule has 0 amide bonds. The number of hydrogen-bond acceptors (Lipinski definition) is 5. The predicted molar refractivity (Wildman–Crippen MR) is 68.7 cm³/mol. The third-order valence-corrected chi connectivity index (χ3v) is 4.00. The number of rotatable bonds is 6. The molecule has 0 radical (unpaired) electrons. The van der Waals surface area contributed by atoms with Gasteiger partial charge in [-0.1, -0.05) is 6.07 Å². The first-order chi connectivity index (χ1) is 8.66. The van der Waals surface area contributed by atoms with Gasteiger partial charge in [-0.3, -0.25) is 9.55 Å². The quantitative estimate of drug-likeness (QED) is 0.584. The lowest BCUT2D eigenvalue weighted by molar-refractivity contribution is 0.227. The highest BCUT2D eigenvalue weighted by atomic mass is 31.2. The van der Waals surface area contributed by atoms with E-state index in [9.17, 15) is 4.57 Å². The van der Waals surface area contributed by atoms with E-state index in [-0.39, 0.29) is 18.5 Å². The minimum Gasteiger partial charge on any atom is -0.305 e. The van der Waals surface area contributed by atoms with Crippen molar-refractivity contribution >= 4 is 13.7 Å². The summed E-state index contributed by atoms with van der Waals surface area (Å²) in [6.45, 7) is 3.81. The third kappa shape index (κ3) is 3.78. The molecule has 0 N–H and O–H groups in total. The van der Waals surface area contributed by atoms with E-state index in [1.54, 1.807) is 38.2 Å². The topological polar surface area (TPSA) is 72.2 Å². The van der Waals surface area contributed by atoms with Gasteiger partial charge >= 0.3 is 7.60 Å². The van der Waals surface area contributed by atoms with E-state index in [1.165, 1.54) is 6.08 Å². The first-order valence-corrected chi connectivity index (χ1v) is 7.13. The summed E-state index contributed by atoms with van der Waals surface area (Å²) in [6, 6.07) is 7.11. The largest absolute Gasteiger partial charge is 0.371 e. The van der Waals surface area contributed by atoms with Crippen molar-refractivity contribution in [3.8, 4) is 6.07 Å². The van der Waals surface area contributed by atoms with Crippen molar-refractivity contribution in [2.75, 3.05) is 13.2 Å². The first kappa shape index (κ1) is 14.6. The molecule has 0 saturated heterocycles. The molecule has 1 aromatic rings. The molecule has 1 rings (SSSR count). The van der Waals surface area contributed by atoms with Crippen LogP contribution in [0.15, 0.2) is 29.7 Å². The molecule has 0 atom stereocenters. The van der Waals surface area contributed by atoms with E-state index >= 15 is 0 Å². The molecule has 1 aromatic heterocycles. The molecule has 0 aliphatic heterocycles. The summed E-state index contributed by atoms with van der Waals surface area (Å²) in [5, 5.41) is 9.06. The monoisotopic (exact) mass is 266 g/mol. The first-order valence-electron chi connectivity index (χ1n) is 5.58. The van der Waals surface area contributed by atoms with Crippen LogP contribution in [-0.4, -0.2) is 18.2 Å². The van der Waals surface area contributed by atoms with E-state index in [0.29, 0.717) is 5.69 Å². The van der Waals surface area contributed by atoms with Crippen molar-refractivity contribution in [1.29, 1.82) is 5.26 Å². The molecule has 0 aliphatic rings. The highest BCUT2D eigenvalue weighted by Gasteiger charge is 2.29. The smallest absolute Gasteiger partial charge is 0.305 e. The highest BCUT2D eigenvalue weighted by molar-refractivity contribution is 7.59. The van der Waals surface area contributed by atoms with Gasteiger partial charge < -0.3 is 9.05 Å². The van der Waals surface area contributed by atoms with Gasteiger partial charge in [0.2, 0.25) is 0 Å². The molecular formula is C12H15N2O3P. The second kappa shape index (κ2) is 7.07. The number of nitriles is 1. The van der Waals surface area contributed by atoms with E-state index < -0.39 is 7.60 Å². The maximum Gasteiger partial charge on any atom is 0.371 e. The Hall–Kier alpha value is -1.47. The van der Waals surface area contributed by atoms with Crippen LogP contribution in [0.2, 0.25) is 0 Å². The molecule has 0 fully saturated rings. The molecule has 6 heteroatoms. The number of nitrogens with zero attached hydrogens (tertiary/aromatic N) is 2. The van der Waals surface area contributed by atoms with E-state index in [0.717, 1.165) is 0 Å². The summed E-state index contributed by atoms with van der Waals surface area (Å²) in [5.74, 6) is 0. The van der Waals surface area contributed by atoms with Crippen LogP contribution in [0.4, 0.5) is 0 Å². The summed E-state index contributed by atoms with van der Waals surface area (Å²) in [4.78, 5) is 4.04. The van der Waals surface area contributed by atoms with Crippen LogP contribution in [0.25, 0.3) is 6.08 Å². The standard InChI is InChI=1S/C12H15N2O3P/c1-3-16-18(15,17-4-2)12(10-13)9-11-7-5-6-8-14-11/h5-9H,3-4H2,1-2H3/b12-9+. The van der Waals surface area contributed by atoms with E-state index in [1.807, 2.05) is 6.07 Å². The van der Waals surface area contributed by atoms with Gasteiger partial charge in [0.05, 0.1) is 18.9 Å². The molecule has 0 saturated carbocycles. The molecule has 0 aliphatic carbocycles. The van der Waals surface area contributed by atoms with Crippen LogP contribution in [0, 0.1) is 11.3 Å². The Labute approximate surface area is 107 Å². The zero-order chi connectivity index (χ0) is 13.4. The van der Waals surface area contributed by atoms with E-state index in [4.69, 9.17) is 14.3 Å². The van der Waals surface area contributed by atoms with Gasteiger partial charge in [0.15, 0.2) is 0 Å². The zero-order valence-corrected chi connectivity index (χ0v) is 11.3. The summed E-state index contributed by atoms with van der Waals surface area (Å²) in [7, 11) is -3.53. The zero-order valence-electron chi connectivity index (χ0n) is 10.4. The van der Waals surface area contributed by atoms with Gasteiger partial charge in [0.1, 0.15) is 11.4 Å². The molecule has 18 heavy (non-hydrogen) atoms. The van der Waals surface area contributed by atoms with Crippen LogP contribution < -0.4 is 0 Å². The molecule has 0 bridgehead atoms. The highest BCUT2D eigenvalue weighted by Crippen LogP contribution is 2.56. The number of pyridine rings is 1. The molecule has 0 spiro atoms. The van der Waals surface area contributed by atoms with Crippen LogP contribution in [0.5, 0.6) is 0 Å². The molecule has 0 aromatic carbocycles. The molecule has 1 heterocycles. The Bertz CT molecular complexity index is 484. The van der Waals surface area contributed by atoms with Crippen molar-refractivity contribution < 1.29 is 13.6 Å². The second-order valence-corrected chi connectivity index (χ2v) is 5.22. The lowest BCUT2D eigenvalue weighted by Gasteiger charge is -2.15. The minimum absolute atomic E-state index is 0.0371. The Balaban J connectivity index is 3.12. The molecule has 0 unspecified atom stereocenters. The van der Waals surface area contributed by atoms with Gasteiger partial charge in [0, 0.05) is 6.20 Å². The summed E-state index contributed by atoms with van der Waals surface area (Å²) in [6.07, 6.45) is 3.01. The Kier molecular flexibility index (Phi) is 5.73. The lowest BCUT2D eigenvalue weighted by atomic mass is 10.3. The normalized spacial score (nSPS) is 12.2. The van der Waals surface area contributed by atoms with Crippen LogP contribution in [0.3, 0.4) is 0 Å². The number of allylic oxidation sites excluding steroid dienone is 1. The molecule has 5 nitrogen and oxygen atoms in total. The van der Waals surface area contributed by atoms with Gasteiger partial charge in [-0.25, -0.2) is 0 Å². The Morgan fingerprint density at radius 2 is 2.11 bits per heavy atom. The Morgan fingerprint density at radius 3 is 2.56 bits per heavy atom. The van der Waals surface area contributed by atoms with Crippen molar-refractivity contribution in [2.24, 2.45) is 0 Å². The van der Waals surface area contributed by atoms with E-state index in [2.05, 4.69) is 4.98 Å². The van der Waals surface area contributed by atoms with Gasteiger partial charge in [0.25, 0.3) is 0 Å². The maximum absolute atomic E-state index is 12.4. The fourth-order valence-electron chi connectivity index (χ4n) is 1.29. The average molecular weight is 266 g/mol. The number of hydrogen-bond donors (Lipinski definition) is 0. The van der Waals surface area contributed by atoms with Crippen molar-refractivity contribution in [2.45, 2.75) is 13.8 Å². The lowest BCUT2D eigenvalue weighted by Crippen LogP contribution is -1.98. The fourth-order valence-corrected chi connectivity index (χ4v) is 2.74. The van der Waals surface area contributed by atoms with Gasteiger partial charge in [-0.2, -0.15) is 5.26 Å². The van der Waals surface area contributed by atoms with Crippen molar-refractivity contribution in [3.05, 3.63) is 35.4 Å². The van der Waals surface area contributed by atoms with Gasteiger partial charge in [-0.15, -0.1) is 0 Å². The summed E-state index contributed by atoms with van der Waals surface area (Å²) in [5.41, 5.74) is 0.536.